The minimum atomic E-state index is -4.75. The van der Waals surface area contributed by atoms with Crippen LogP contribution in [0.15, 0.2) is 42.5 Å². The molecule has 1 saturated heterocycles. The Morgan fingerprint density at radius 3 is 2.54 bits per heavy atom. The summed E-state index contributed by atoms with van der Waals surface area (Å²) in [6, 6.07) is 11.0. The molecule has 0 unspecified atom stereocenters. The number of hydrogen-bond donors (Lipinski definition) is 1. The van der Waals surface area contributed by atoms with Crippen LogP contribution in [0, 0.1) is 10.1 Å². The summed E-state index contributed by atoms with van der Waals surface area (Å²) in [6.07, 6.45) is -4.05. The molecule has 1 fully saturated rings. The summed E-state index contributed by atoms with van der Waals surface area (Å²) in [5.74, 6) is 0. The second-order valence-corrected chi connectivity index (χ2v) is 6.42. The molecule has 2 aromatic rings. The number of hydrogen-bond acceptors (Lipinski definition) is 4. The third-order valence-corrected chi connectivity index (χ3v) is 4.55. The van der Waals surface area contributed by atoms with Crippen LogP contribution in [0.1, 0.15) is 12.0 Å². The van der Waals surface area contributed by atoms with Crippen LogP contribution >= 0.6 is 11.6 Å². The molecule has 1 atom stereocenters. The Kier molecular flexibility index (Phi) is 4.95. The van der Waals surface area contributed by atoms with Gasteiger partial charge >= 0.3 is 6.18 Å². The smallest absolute Gasteiger partial charge is 0.380 e. The molecule has 0 spiro atoms. The predicted octanol–water partition coefficient (Wildman–Crippen LogP) is 4.96. The van der Waals surface area contributed by atoms with E-state index >= 15 is 0 Å². The number of nitro groups is 1. The van der Waals surface area contributed by atoms with E-state index in [0.717, 1.165) is 11.8 Å². The summed E-state index contributed by atoms with van der Waals surface area (Å²) in [5, 5.41) is 14.1. The maximum Gasteiger partial charge on any atom is 0.418 e. The van der Waals surface area contributed by atoms with Crippen LogP contribution in [0.25, 0.3) is 0 Å². The number of para-hydroxylation sites is 1. The topological polar surface area (TPSA) is 58.4 Å². The third kappa shape index (κ3) is 3.85. The minimum absolute atomic E-state index is 0.0260. The molecule has 1 N–H and O–H groups in total. The van der Waals surface area contributed by atoms with Gasteiger partial charge in [0.05, 0.1) is 15.5 Å². The van der Waals surface area contributed by atoms with Gasteiger partial charge in [-0.1, -0.05) is 29.8 Å². The number of nitro benzene ring substituents is 1. The van der Waals surface area contributed by atoms with E-state index in [4.69, 9.17) is 11.6 Å². The molecule has 3 rings (SSSR count). The molecule has 1 aliphatic heterocycles. The van der Waals surface area contributed by atoms with Gasteiger partial charge in [-0.3, -0.25) is 10.1 Å². The van der Waals surface area contributed by atoms with Crippen LogP contribution in [0.3, 0.4) is 0 Å². The first-order chi connectivity index (χ1) is 12.3. The van der Waals surface area contributed by atoms with Gasteiger partial charge < -0.3 is 10.2 Å². The minimum Gasteiger partial charge on any atom is -0.380 e. The lowest BCUT2D eigenvalue weighted by Gasteiger charge is -2.21. The number of anilines is 2. The predicted molar refractivity (Wildman–Crippen MR) is 93.8 cm³/mol. The maximum atomic E-state index is 13.0. The Morgan fingerprint density at radius 1 is 1.23 bits per heavy atom. The Bertz CT molecular complexity index is 815. The highest BCUT2D eigenvalue weighted by Gasteiger charge is 2.37. The normalized spacial score (nSPS) is 17.4. The van der Waals surface area contributed by atoms with Gasteiger partial charge in [0.2, 0.25) is 0 Å². The lowest BCUT2D eigenvalue weighted by atomic mass is 10.1. The highest BCUT2D eigenvalue weighted by Crippen LogP contribution is 2.42. The molecule has 1 heterocycles. The SMILES string of the molecule is O=[N+]([O-])c1cc(C(F)(F)F)c(Cl)cc1N1CC[C@@H](Nc2ccccc2)C1. The fourth-order valence-electron chi connectivity index (χ4n) is 3.04. The van der Waals surface area contributed by atoms with Gasteiger partial charge in [-0.05, 0) is 24.6 Å². The van der Waals surface area contributed by atoms with Crippen molar-refractivity contribution >= 4 is 28.7 Å². The van der Waals surface area contributed by atoms with Crippen LogP contribution in [-0.2, 0) is 6.18 Å². The highest BCUT2D eigenvalue weighted by molar-refractivity contribution is 6.31. The first kappa shape index (κ1) is 18.3. The van der Waals surface area contributed by atoms with Gasteiger partial charge in [0.1, 0.15) is 5.69 Å². The van der Waals surface area contributed by atoms with Crippen molar-refractivity contribution in [3.05, 3.63) is 63.2 Å². The largest absolute Gasteiger partial charge is 0.418 e. The van der Waals surface area contributed by atoms with Crippen LogP contribution in [0.2, 0.25) is 5.02 Å². The van der Waals surface area contributed by atoms with Crippen LogP contribution in [-0.4, -0.2) is 24.1 Å². The van der Waals surface area contributed by atoms with E-state index in [0.29, 0.717) is 25.6 Å². The lowest BCUT2D eigenvalue weighted by molar-refractivity contribution is -0.384. The Morgan fingerprint density at radius 2 is 1.92 bits per heavy atom. The number of benzene rings is 2. The van der Waals surface area contributed by atoms with E-state index < -0.39 is 27.4 Å². The first-order valence-electron chi connectivity index (χ1n) is 7.87. The molecule has 138 valence electrons. The third-order valence-electron chi connectivity index (χ3n) is 4.24. The Labute approximate surface area is 152 Å². The number of nitrogens with zero attached hydrogens (tertiary/aromatic N) is 2. The van der Waals surface area contributed by atoms with Gasteiger partial charge in [0.25, 0.3) is 5.69 Å². The molecule has 1 aliphatic rings. The zero-order valence-corrected chi connectivity index (χ0v) is 14.2. The van der Waals surface area contributed by atoms with E-state index in [1.54, 1.807) is 4.90 Å². The summed E-state index contributed by atoms with van der Waals surface area (Å²) in [7, 11) is 0. The van der Waals surface area contributed by atoms with E-state index in [9.17, 15) is 23.3 Å². The fraction of sp³-hybridized carbons (Fsp3) is 0.294. The van der Waals surface area contributed by atoms with Crippen molar-refractivity contribution in [2.45, 2.75) is 18.6 Å². The van der Waals surface area contributed by atoms with Gasteiger partial charge in [-0.15, -0.1) is 0 Å². The van der Waals surface area contributed by atoms with Crippen molar-refractivity contribution in [2.75, 3.05) is 23.3 Å². The Hall–Kier alpha value is -2.48. The second-order valence-electron chi connectivity index (χ2n) is 6.02. The monoisotopic (exact) mass is 385 g/mol. The molecular formula is C17H15ClF3N3O2. The van der Waals surface area contributed by atoms with Gasteiger partial charge in [0, 0.05) is 30.9 Å². The lowest BCUT2D eigenvalue weighted by Crippen LogP contribution is -2.26. The number of alkyl halides is 3. The van der Waals surface area contributed by atoms with Crippen molar-refractivity contribution in [1.29, 1.82) is 0 Å². The summed E-state index contributed by atoms with van der Waals surface area (Å²) in [6.45, 7) is 0.907. The molecule has 5 nitrogen and oxygen atoms in total. The average molecular weight is 386 g/mol. The molecular weight excluding hydrogens is 371 g/mol. The molecule has 0 aliphatic carbocycles. The molecule has 0 amide bonds. The van der Waals surface area contributed by atoms with Crippen molar-refractivity contribution < 1.29 is 18.1 Å². The summed E-state index contributed by atoms with van der Waals surface area (Å²) in [5.41, 5.74) is -0.778. The van der Waals surface area contributed by atoms with Crippen LogP contribution in [0.4, 0.5) is 30.2 Å². The number of halogens is 4. The van der Waals surface area contributed by atoms with Crippen molar-refractivity contribution in [3.63, 3.8) is 0 Å². The first-order valence-corrected chi connectivity index (χ1v) is 8.25. The standard InChI is InChI=1S/C17H15ClF3N3O2/c18-14-9-15(16(24(25)26)8-13(14)17(19,20)21)23-7-6-12(10-23)22-11-4-2-1-3-5-11/h1-5,8-9,12,22H,6-7,10H2/t12-/m1/s1. The average Bonchev–Trinajstić information content (AvgIpc) is 3.02. The van der Waals surface area contributed by atoms with Crippen molar-refractivity contribution in [1.82, 2.24) is 0 Å². The van der Waals surface area contributed by atoms with E-state index in [1.165, 1.54) is 0 Å². The molecule has 2 aromatic carbocycles. The number of nitrogens with one attached hydrogen (secondary N) is 1. The van der Waals surface area contributed by atoms with E-state index in [2.05, 4.69) is 5.32 Å². The Balaban J connectivity index is 1.85. The van der Waals surface area contributed by atoms with Gasteiger partial charge in [-0.2, -0.15) is 13.2 Å². The zero-order valence-electron chi connectivity index (χ0n) is 13.5. The van der Waals surface area contributed by atoms with Crippen molar-refractivity contribution in [2.24, 2.45) is 0 Å². The molecule has 0 saturated carbocycles. The molecule has 0 aromatic heterocycles. The van der Waals surface area contributed by atoms with Crippen LogP contribution in [0.5, 0.6) is 0 Å². The maximum absolute atomic E-state index is 13.0. The summed E-state index contributed by atoms with van der Waals surface area (Å²) < 4.78 is 38.9. The summed E-state index contributed by atoms with van der Waals surface area (Å²) >= 11 is 5.75. The molecule has 26 heavy (non-hydrogen) atoms. The molecule has 0 radical (unpaired) electrons. The summed E-state index contributed by atoms with van der Waals surface area (Å²) in [4.78, 5) is 12.2. The van der Waals surface area contributed by atoms with Gasteiger partial charge in [-0.25, -0.2) is 0 Å². The van der Waals surface area contributed by atoms with Crippen LogP contribution < -0.4 is 10.2 Å². The molecule has 9 heteroatoms. The van der Waals surface area contributed by atoms with Crippen molar-refractivity contribution in [3.8, 4) is 0 Å². The fourth-order valence-corrected chi connectivity index (χ4v) is 3.30. The van der Waals surface area contributed by atoms with E-state index in [-0.39, 0.29) is 11.7 Å². The highest BCUT2D eigenvalue weighted by atomic mass is 35.5. The molecule has 0 bridgehead atoms. The second kappa shape index (κ2) is 7.03. The van der Waals surface area contributed by atoms with E-state index in [1.807, 2.05) is 30.3 Å². The van der Waals surface area contributed by atoms with Gasteiger partial charge in [0.15, 0.2) is 0 Å². The number of rotatable bonds is 4. The zero-order chi connectivity index (χ0) is 18.9. The quantitative estimate of drug-likeness (QED) is 0.597.